The van der Waals surface area contributed by atoms with Crippen LogP contribution in [-0.4, -0.2) is 49.3 Å². The highest BCUT2D eigenvalue weighted by molar-refractivity contribution is 4.80. The van der Waals surface area contributed by atoms with E-state index in [1.165, 1.54) is 38.9 Å². The van der Waals surface area contributed by atoms with Crippen molar-refractivity contribution in [2.45, 2.75) is 46.5 Å². The number of aliphatic hydroxyl groups excluding tert-OH is 1. The maximum absolute atomic E-state index is 9.05. The first-order valence-electron chi connectivity index (χ1n) is 7.61. The predicted molar refractivity (Wildman–Crippen MR) is 77.8 cm³/mol. The molecule has 1 heterocycles. The minimum atomic E-state index is 0.344. The maximum Gasteiger partial charge on any atom is 0.0434 e. The van der Waals surface area contributed by atoms with Gasteiger partial charge in [-0.15, -0.1) is 0 Å². The highest BCUT2D eigenvalue weighted by atomic mass is 16.3. The van der Waals surface area contributed by atoms with Crippen molar-refractivity contribution < 1.29 is 5.11 Å². The van der Waals surface area contributed by atoms with Crippen LogP contribution >= 0.6 is 0 Å². The number of hydrogen-bond donors (Lipinski definition) is 2. The molecule has 1 atom stereocenters. The minimum absolute atomic E-state index is 0.344. The van der Waals surface area contributed by atoms with Gasteiger partial charge in [-0.3, -0.25) is 0 Å². The zero-order valence-corrected chi connectivity index (χ0v) is 12.5. The fraction of sp³-hybridized carbons (Fsp3) is 1.00. The summed E-state index contributed by atoms with van der Waals surface area (Å²) < 4.78 is 0. The molecule has 0 aromatic heterocycles. The van der Waals surface area contributed by atoms with Gasteiger partial charge in [0.05, 0.1) is 0 Å². The van der Waals surface area contributed by atoms with Crippen molar-refractivity contribution in [3.8, 4) is 0 Å². The van der Waals surface area contributed by atoms with Gasteiger partial charge >= 0.3 is 0 Å². The van der Waals surface area contributed by atoms with Crippen LogP contribution in [0.1, 0.15) is 46.5 Å². The van der Waals surface area contributed by atoms with Crippen molar-refractivity contribution in [3.63, 3.8) is 0 Å². The Hall–Kier alpha value is -0.120. The van der Waals surface area contributed by atoms with Gasteiger partial charge in [-0.25, -0.2) is 0 Å². The Morgan fingerprint density at radius 1 is 1.39 bits per heavy atom. The van der Waals surface area contributed by atoms with Gasteiger partial charge in [-0.1, -0.05) is 20.8 Å². The Morgan fingerprint density at radius 3 is 2.83 bits per heavy atom. The van der Waals surface area contributed by atoms with Crippen LogP contribution in [0.5, 0.6) is 0 Å². The molecule has 0 aromatic carbocycles. The number of nitrogens with one attached hydrogen (secondary N) is 1. The third kappa shape index (κ3) is 6.17. The molecule has 108 valence electrons. The van der Waals surface area contributed by atoms with Crippen molar-refractivity contribution in [2.75, 3.05) is 39.3 Å². The van der Waals surface area contributed by atoms with E-state index in [-0.39, 0.29) is 0 Å². The summed E-state index contributed by atoms with van der Waals surface area (Å²) >= 11 is 0. The molecule has 1 saturated heterocycles. The second-order valence-corrected chi connectivity index (χ2v) is 6.60. The third-order valence-electron chi connectivity index (χ3n) is 3.82. The largest absolute Gasteiger partial charge is 0.396 e. The lowest BCUT2D eigenvalue weighted by Gasteiger charge is -2.38. The molecule has 1 aliphatic rings. The van der Waals surface area contributed by atoms with E-state index in [2.05, 4.69) is 31.0 Å². The first-order valence-corrected chi connectivity index (χ1v) is 7.61. The monoisotopic (exact) mass is 256 g/mol. The van der Waals surface area contributed by atoms with E-state index in [4.69, 9.17) is 5.11 Å². The zero-order valence-electron chi connectivity index (χ0n) is 12.5. The molecule has 1 fully saturated rings. The lowest BCUT2D eigenvalue weighted by atomic mass is 9.89. The van der Waals surface area contributed by atoms with Gasteiger partial charge in [0.2, 0.25) is 0 Å². The molecule has 0 saturated carbocycles. The summed E-state index contributed by atoms with van der Waals surface area (Å²) in [5.41, 5.74) is 0.344. The molecule has 0 aliphatic carbocycles. The Kier molecular flexibility index (Phi) is 7.20. The number of likely N-dealkylation sites (tertiary alicyclic amines) is 1. The first kappa shape index (κ1) is 15.9. The highest BCUT2D eigenvalue weighted by Gasteiger charge is 2.25. The average Bonchev–Trinajstić information content (AvgIpc) is 2.29. The van der Waals surface area contributed by atoms with Crippen molar-refractivity contribution >= 4 is 0 Å². The molecule has 1 aliphatic heterocycles. The molecule has 18 heavy (non-hydrogen) atoms. The second-order valence-electron chi connectivity index (χ2n) is 6.60. The van der Waals surface area contributed by atoms with Crippen molar-refractivity contribution in [1.29, 1.82) is 0 Å². The molecule has 3 nitrogen and oxygen atoms in total. The normalized spacial score (nSPS) is 22.3. The quantitative estimate of drug-likeness (QED) is 0.653. The van der Waals surface area contributed by atoms with E-state index in [1.807, 2.05) is 0 Å². The summed E-state index contributed by atoms with van der Waals surface area (Å²) in [7, 11) is 0. The van der Waals surface area contributed by atoms with Gasteiger partial charge in [-0.2, -0.15) is 0 Å². The second kappa shape index (κ2) is 8.13. The van der Waals surface area contributed by atoms with Gasteiger partial charge in [0.25, 0.3) is 0 Å². The Bertz CT molecular complexity index is 217. The number of piperidine rings is 1. The lowest BCUT2D eigenvalue weighted by Crippen LogP contribution is -2.44. The Morgan fingerprint density at radius 2 is 2.17 bits per heavy atom. The lowest BCUT2D eigenvalue weighted by molar-refractivity contribution is 0.106. The van der Waals surface area contributed by atoms with Crippen LogP contribution in [0.4, 0.5) is 0 Å². The summed E-state index contributed by atoms with van der Waals surface area (Å²) in [5, 5.41) is 12.6. The van der Waals surface area contributed by atoms with Gasteiger partial charge in [0, 0.05) is 26.2 Å². The number of nitrogens with zero attached hydrogens (tertiary/aromatic N) is 1. The van der Waals surface area contributed by atoms with Gasteiger partial charge in [0.1, 0.15) is 0 Å². The molecule has 1 unspecified atom stereocenters. The highest BCUT2D eigenvalue weighted by Crippen LogP contribution is 2.23. The van der Waals surface area contributed by atoms with Crippen LogP contribution in [0, 0.1) is 11.3 Å². The summed E-state index contributed by atoms with van der Waals surface area (Å²) in [6.45, 7) is 13.1. The van der Waals surface area contributed by atoms with Crippen LogP contribution in [0.25, 0.3) is 0 Å². The smallest absolute Gasteiger partial charge is 0.0434 e. The van der Waals surface area contributed by atoms with E-state index in [0.29, 0.717) is 17.9 Å². The molecule has 0 aromatic rings. The fourth-order valence-corrected chi connectivity index (χ4v) is 2.98. The van der Waals surface area contributed by atoms with Crippen LogP contribution in [0.2, 0.25) is 0 Å². The third-order valence-corrected chi connectivity index (χ3v) is 3.82. The number of rotatable bonds is 8. The Balaban J connectivity index is 2.30. The van der Waals surface area contributed by atoms with E-state index in [0.717, 1.165) is 19.5 Å². The van der Waals surface area contributed by atoms with Crippen molar-refractivity contribution in [3.05, 3.63) is 0 Å². The number of aliphatic hydroxyl groups is 1. The van der Waals surface area contributed by atoms with Gasteiger partial charge < -0.3 is 15.3 Å². The molecule has 0 spiro atoms. The fourth-order valence-electron chi connectivity index (χ4n) is 2.98. The molecular weight excluding hydrogens is 224 g/mol. The van der Waals surface area contributed by atoms with Crippen LogP contribution in [0.15, 0.2) is 0 Å². The van der Waals surface area contributed by atoms with Crippen LogP contribution < -0.4 is 5.32 Å². The molecule has 0 amide bonds. The summed E-state index contributed by atoms with van der Waals surface area (Å²) in [6.07, 6.45) is 4.78. The van der Waals surface area contributed by atoms with Gasteiger partial charge in [-0.05, 0) is 50.1 Å². The maximum atomic E-state index is 9.05. The minimum Gasteiger partial charge on any atom is -0.396 e. The van der Waals surface area contributed by atoms with E-state index < -0.39 is 0 Å². The van der Waals surface area contributed by atoms with E-state index in [9.17, 15) is 0 Å². The van der Waals surface area contributed by atoms with Crippen LogP contribution in [0.3, 0.4) is 0 Å². The number of hydrogen-bond acceptors (Lipinski definition) is 3. The molecule has 3 heteroatoms. The zero-order chi connectivity index (χ0) is 13.4. The first-order chi connectivity index (χ1) is 8.57. The summed E-state index contributed by atoms with van der Waals surface area (Å²) in [5.74, 6) is 0.711. The summed E-state index contributed by atoms with van der Waals surface area (Å²) in [6, 6.07) is 0. The molecule has 0 bridgehead atoms. The molecule has 1 rings (SSSR count). The molecule has 2 N–H and O–H groups in total. The standard InChI is InChI=1S/C15H32N2O/c1-4-8-16-12-15(2,3)13-17-9-5-6-14(11-17)7-10-18/h14,16,18H,4-13H2,1-3H3. The Labute approximate surface area is 113 Å². The van der Waals surface area contributed by atoms with E-state index >= 15 is 0 Å². The average molecular weight is 256 g/mol. The predicted octanol–water partition coefficient (Wildman–Crippen LogP) is 2.11. The van der Waals surface area contributed by atoms with Crippen molar-refractivity contribution in [1.82, 2.24) is 10.2 Å². The molecular formula is C15H32N2O. The van der Waals surface area contributed by atoms with Gasteiger partial charge in [0.15, 0.2) is 0 Å². The van der Waals surface area contributed by atoms with Crippen LogP contribution in [-0.2, 0) is 0 Å². The van der Waals surface area contributed by atoms with E-state index in [1.54, 1.807) is 0 Å². The molecule has 0 radical (unpaired) electrons. The summed E-state index contributed by atoms with van der Waals surface area (Å²) in [4.78, 5) is 2.59. The SMILES string of the molecule is CCCNCC(C)(C)CN1CCCC(CCO)C1. The van der Waals surface area contributed by atoms with Crippen molar-refractivity contribution in [2.24, 2.45) is 11.3 Å². The topological polar surface area (TPSA) is 35.5 Å².